The Balaban J connectivity index is 2.18. The first-order valence-corrected chi connectivity index (χ1v) is 6.97. The second-order valence-electron chi connectivity index (χ2n) is 5.20. The van der Waals surface area contributed by atoms with Crippen LogP contribution in [0, 0.1) is 12.7 Å². The average molecular weight is 280 g/mol. The fraction of sp³-hybridized carbons (Fsp3) is 0.167. The van der Waals surface area contributed by atoms with Crippen LogP contribution in [0.2, 0.25) is 0 Å². The van der Waals surface area contributed by atoms with Gasteiger partial charge in [0.15, 0.2) is 0 Å². The number of aryl methyl sites for hydroxylation is 1. The van der Waals surface area contributed by atoms with Crippen molar-refractivity contribution in [2.75, 3.05) is 7.05 Å². The number of benzene rings is 2. The van der Waals surface area contributed by atoms with Crippen LogP contribution in [0.1, 0.15) is 22.7 Å². The van der Waals surface area contributed by atoms with Crippen molar-refractivity contribution >= 4 is 10.9 Å². The Labute approximate surface area is 123 Å². The molecule has 0 fully saturated rings. The lowest BCUT2D eigenvalue weighted by molar-refractivity contribution is 0.616. The molecule has 0 spiro atoms. The van der Waals surface area contributed by atoms with Crippen LogP contribution in [-0.4, -0.2) is 12.0 Å². The zero-order valence-corrected chi connectivity index (χ0v) is 12.1. The molecule has 3 heteroatoms. The Morgan fingerprint density at radius 3 is 2.67 bits per heavy atom. The van der Waals surface area contributed by atoms with Crippen molar-refractivity contribution in [3.8, 4) is 0 Å². The summed E-state index contributed by atoms with van der Waals surface area (Å²) in [5.74, 6) is -0.205. The van der Waals surface area contributed by atoms with E-state index in [1.807, 2.05) is 50.4 Å². The molecule has 1 heterocycles. The molecule has 1 unspecified atom stereocenters. The number of rotatable bonds is 3. The summed E-state index contributed by atoms with van der Waals surface area (Å²) in [5.41, 5.74) is 3.89. The number of fused-ring (bicyclic) bond motifs is 1. The van der Waals surface area contributed by atoms with E-state index in [1.54, 1.807) is 18.3 Å². The summed E-state index contributed by atoms with van der Waals surface area (Å²) in [6.45, 7) is 1.91. The number of pyridine rings is 1. The normalized spacial score (nSPS) is 12.5. The standard InChI is InChI=1S/C18H17FN2/c1-12-9-13(11-14(19)10-12)18(20-2)16-7-8-21-17-6-4-3-5-15(16)17/h3-11,18,20H,1-2H3. The van der Waals surface area contributed by atoms with E-state index in [0.29, 0.717) is 0 Å². The molecule has 0 saturated carbocycles. The first-order valence-electron chi connectivity index (χ1n) is 6.97. The van der Waals surface area contributed by atoms with Crippen molar-refractivity contribution < 1.29 is 4.39 Å². The third-order valence-corrected chi connectivity index (χ3v) is 3.68. The molecule has 1 atom stereocenters. The zero-order valence-electron chi connectivity index (χ0n) is 12.1. The SMILES string of the molecule is CNC(c1cc(C)cc(F)c1)c1ccnc2ccccc12. The summed E-state index contributed by atoms with van der Waals surface area (Å²) in [4.78, 5) is 4.39. The predicted molar refractivity (Wildman–Crippen MR) is 83.8 cm³/mol. The summed E-state index contributed by atoms with van der Waals surface area (Å²) in [6.07, 6.45) is 1.80. The van der Waals surface area contributed by atoms with Crippen molar-refractivity contribution in [3.05, 3.63) is 77.2 Å². The maximum Gasteiger partial charge on any atom is 0.123 e. The maximum absolute atomic E-state index is 13.7. The molecular formula is C18H17FN2. The van der Waals surface area contributed by atoms with Gasteiger partial charge in [-0.2, -0.15) is 0 Å². The first kappa shape index (κ1) is 13.7. The summed E-state index contributed by atoms with van der Waals surface area (Å²) in [5, 5.41) is 4.37. The number of nitrogens with one attached hydrogen (secondary N) is 1. The molecule has 2 nitrogen and oxygen atoms in total. The summed E-state index contributed by atoms with van der Waals surface area (Å²) in [7, 11) is 1.89. The van der Waals surface area contributed by atoms with E-state index in [1.165, 1.54) is 0 Å². The van der Waals surface area contributed by atoms with Gasteiger partial charge < -0.3 is 5.32 Å². The zero-order chi connectivity index (χ0) is 14.8. The molecule has 0 amide bonds. The Morgan fingerprint density at radius 2 is 1.90 bits per heavy atom. The molecule has 1 aromatic heterocycles. The molecule has 0 saturated heterocycles. The van der Waals surface area contributed by atoms with E-state index in [9.17, 15) is 4.39 Å². The minimum absolute atomic E-state index is 0.0627. The van der Waals surface area contributed by atoms with Crippen molar-refractivity contribution in [2.24, 2.45) is 0 Å². The number of aromatic nitrogens is 1. The maximum atomic E-state index is 13.7. The quantitative estimate of drug-likeness (QED) is 0.784. The van der Waals surface area contributed by atoms with E-state index < -0.39 is 0 Å². The highest BCUT2D eigenvalue weighted by molar-refractivity contribution is 5.82. The topological polar surface area (TPSA) is 24.9 Å². The minimum atomic E-state index is -0.205. The van der Waals surface area contributed by atoms with Crippen molar-refractivity contribution in [1.82, 2.24) is 10.3 Å². The lowest BCUT2D eigenvalue weighted by Gasteiger charge is -2.19. The van der Waals surface area contributed by atoms with E-state index in [2.05, 4.69) is 10.3 Å². The average Bonchev–Trinajstić information content (AvgIpc) is 2.47. The molecule has 106 valence electrons. The molecule has 2 aromatic carbocycles. The molecule has 0 radical (unpaired) electrons. The van der Waals surface area contributed by atoms with Gasteiger partial charge in [0.1, 0.15) is 5.82 Å². The third kappa shape index (κ3) is 2.65. The van der Waals surface area contributed by atoms with Crippen LogP contribution < -0.4 is 5.32 Å². The number of halogens is 1. The van der Waals surface area contributed by atoms with Gasteiger partial charge in [0, 0.05) is 11.6 Å². The van der Waals surface area contributed by atoms with Gasteiger partial charge >= 0.3 is 0 Å². The number of hydrogen-bond acceptors (Lipinski definition) is 2. The second kappa shape index (κ2) is 5.62. The summed E-state index contributed by atoms with van der Waals surface area (Å²) in [6, 6.07) is 15.1. The Morgan fingerprint density at radius 1 is 1.10 bits per heavy atom. The van der Waals surface area contributed by atoms with Crippen LogP contribution in [0.5, 0.6) is 0 Å². The highest BCUT2D eigenvalue weighted by Gasteiger charge is 2.16. The number of nitrogens with zero attached hydrogens (tertiary/aromatic N) is 1. The van der Waals surface area contributed by atoms with E-state index >= 15 is 0 Å². The Hall–Kier alpha value is -2.26. The van der Waals surface area contributed by atoms with Gasteiger partial charge in [0.05, 0.1) is 11.6 Å². The van der Waals surface area contributed by atoms with Gasteiger partial charge in [-0.1, -0.05) is 24.3 Å². The van der Waals surface area contributed by atoms with Gasteiger partial charge in [0.25, 0.3) is 0 Å². The van der Waals surface area contributed by atoms with Gasteiger partial charge in [-0.15, -0.1) is 0 Å². The fourth-order valence-electron chi connectivity index (χ4n) is 2.80. The number of para-hydroxylation sites is 1. The molecule has 0 aliphatic carbocycles. The van der Waals surface area contributed by atoms with Crippen LogP contribution in [-0.2, 0) is 0 Å². The third-order valence-electron chi connectivity index (χ3n) is 3.68. The van der Waals surface area contributed by atoms with Crippen LogP contribution in [0.4, 0.5) is 4.39 Å². The second-order valence-corrected chi connectivity index (χ2v) is 5.20. The van der Waals surface area contributed by atoms with E-state index in [0.717, 1.165) is 27.6 Å². The van der Waals surface area contributed by atoms with Crippen molar-refractivity contribution in [2.45, 2.75) is 13.0 Å². The lowest BCUT2D eigenvalue weighted by Crippen LogP contribution is -2.18. The number of hydrogen-bond donors (Lipinski definition) is 1. The van der Waals surface area contributed by atoms with Gasteiger partial charge in [-0.05, 0) is 54.9 Å². The highest BCUT2D eigenvalue weighted by atomic mass is 19.1. The molecule has 3 aromatic rings. The summed E-state index contributed by atoms with van der Waals surface area (Å²) < 4.78 is 13.7. The Bertz CT molecular complexity index is 758. The van der Waals surface area contributed by atoms with Gasteiger partial charge in [0.2, 0.25) is 0 Å². The van der Waals surface area contributed by atoms with Crippen LogP contribution >= 0.6 is 0 Å². The van der Waals surface area contributed by atoms with E-state index in [4.69, 9.17) is 0 Å². The predicted octanol–water partition coefficient (Wildman–Crippen LogP) is 3.99. The highest BCUT2D eigenvalue weighted by Crippen LogP contribution is 2.28. The van der Waals surface area contributed by atoms with Crippen molar-refractivity contribution in [1.29, 1.82) is 0 Å². The largest absolute Gasteiger partial charge is 0.309 e. The molecule has 0 aliphatic rings. The monoisotopic (exact) mass is 280 g/mol. The Kier molecular flexibility index (Phi) is 3.67. The fourth-order valence-corrected chi connectivity index (χ4v) is 2.80. The van der Waals surface area contributed by atoms with Crippen LogP contribution in [0.15, 0.2) is 54.7 Å². The molecule has 0 aliphatic heterocycles. The van der Waals surface area contributed by atoms with Crippen LogP contribution in [0.25, 0.3) is 10.9 Å². The van der Waals surface area contributed by atoms with Crippen molar-refractivity contribution in [3.63, 3.8) is 0 Å². The molecule has 0 bridgehead atoms. The van der Waals surface area contributed by atoms with E-state index in [-0.39, 0.29) is 11.9 Å². The summed E-state index contributed by atoms with van der Waals surface area (Å²) >= 11 is 0. The lowest BCUT2D eigenvalue weighted by atomic mass is 9.95. The molecule has 21 heavy (non-hydrogen) atoms. The smallest absolute Gasteiger partial charge is 0.123 e. The molecular weight excluding hydrogens is 263 g/mol. The van der Waals surface area contributed by atoms with Crippen LogP contribution in [0.3, 0.4) is 0 Å². The van der Waals surface area contributed by atoms with Gasteiger partial charge in [-0.25, -0.2) is 4.39 Å². The molecule has 3 rings (SSSR count). The minimum Gasteiger partial charge on any atom is -0.309 e. The van der Waals surface area contributed by atoms with Gasteiger partial charge in [-0.3, -0.25) is 4.98 Å². The molecule has 1 N–H and O–H groups in total. The first-order chi connectivity index (χ1) is 10.2.